The summed E-state index contributed by atoms with van der Waals surface area (Å²) < 4.78 is 33.9. The zero-order valence-electron chi connectivity index (χ0n) is 16.8. The lowest BCUT2D eigenvalue weighted by Gasteiger charge is -2.28. The van der Waals surface area contributed by atoms with Crippen LogP contribution in [0, 0.1) is 18.6 Å². The summed E-state index contributed by atoms with van der Waals surface area (Å²) in [7, 11) is 0. The fraction of sp³-hybridized carbons (Fsp3) is 0.286. The lowest BCUT2D eigenvalue weighted by atomic mass is 10.1. The van der Waals surface area contributed by atoms with E-state index < -0.39 is 17.6 Å². The number of carboxylic acid groups (broad SMARTS) is 1. The molecule has 1 aliphatic rings. The number of carboxylic acids is 1. The molecule has 8 nitrogen and oxygen atoms in total. The standard InChI is InChI=1S/C21H21F2N5O3/c1-12-20(26-14-8-15(10-24-9-14)28-2-4-31-5-3-28)19-16(23)6-13(22)7-17(19)27-21(12)25-11-18(29)30/h6-10H,2-5,11H2,1H3,(H,29,30)(H2,25,26,27). The molecule has 31 heavy (non-hydrogen) atoms. The summed E-state index contributed by atoms with van der Waals surface area (Å²) in [6, 6.07) is 3.79. The molecule has 2 aromatic heterocycles. The normalized spacial score (nSPS) is 14.0. The molecule has 1 aromatic carbocycles. The average molecular weight is 429 g/mol. The van der Waals surface area contributed by atoms with Gasteiger partial charge in [-0.2, -0.15) is 0 Å². The van der Waals surface area contributed by atoms with Crippen molar-refractivity contribution in [3.8, 4) is 0 Å². The number of halogens is 2. The maximum absolute atomic E-state index is 14.7. The highest BCUT2D eigenvalue weighted by atomic mass is 19.1. The summed E-state index contributed by atoms with van der Waals surface area (Å²) in [5.41, 5.74) is 2.41. The molecule has 0 atom stereocenters. The van der Waals surface area contributed by atoms with Gasteiger partial charge >= 0.3 is 5.97 Å². The first kappa shape index (κ1) is 20.7. The van der Waals surface area contributed by atoms with E-state index in [0.29, 0.717) is 30.2 Å². The van der Waals surface area contributed by atoms with Gasteiger partial charge in [0.15, 0.2) is 0 Å². The third-order valence-corrected chi connectivity index (χ3v) is 5.02. The number of ether oxygens (including phenoxy) is 1. The summed E-state index contributed by atoms with van der Waals surface area (Å²) in [5.74, 6) is -2.40. The molecule has 0 spiro atoms. The lowest BCUT2D eigenvalue weighted by Crippen LogP contribution is -2.36. The number of hydrogen-bond acceptors (Lipinski definition) is 7. The van der Waals surface area contributed by atoms with Gasteiger partial charge in [0.05, 0.1) is 53.6 Å². The van der Waals surface area contributed by atoms with Gasteiger partial charge in [0.2, 0.25) is 0 Å². The van der Waals surface area contributed by atoms with Gasteiger partial charge in [0.25, 0.3) is 0 Å². The molecule has 10 heteroatoms. The third-order valence-electron chi connectivity index (χ3n) is 5.02. The van der Waals surface area contributed by atoms with Crippen LogP contribution in [0.3, 0.4) is 0 Å². The summed E-state index contributed by atoms with van der Waals surface area (Å²) in [6.07, 6.45) is 3.34. The van der Waals surface area contributed by atoms with Crippen LogP contribution in [0.2, 0.25) is 0 Å². The van der Waals surface area contributed by atoms with E-state index in [-0.39, 0.29) is 23.3 Å². The minimum absolute atomic E-state index is 0.0655. The Balaban J connectivity index is 1.77. The quantitative estimate of drug-likeness (QED) is 0.549. The first-order chi connectivity index (χ1) is 14.9. The molecule has 162 valence electrons. The Hall–Kier alpha value is -3.53. The molecule has 0 aliphatic carbocycles. The molecule has 1 saturated heterocycles. The Labute approximate surface area is 176 Å². The number of rotatable bonds is 6. The molecule has 4 rings (SSSR count). The molecule has 3 N–H and O–H groups in total. The van der Waals surface area contributed by atoms with Crippen LogP contribution in [0.15, 0.2) is 30.6 Å². The van der Waals surface area contributed by atoms with E-state index in [0.717, 1.165) is 30.9 Å². The molecule has 3 heterocycles. The highest BCUT2D eigenvalue weighted by molar-refractivity contribution is 5.98. The van der Waals surface area contributed by atoms with Crippen molar-refractivity contribution in [2.24, 2.45) is 0 Å². The van der Waals surface area contributed by atoms with Crippen molar-refractivity contribution in [3.63, 3.8) is 0 Å². The molecule has 0 bridgehead atoms. The molecule has 1 aliphatic heterocycles. The number of anilines is 4. The van der Waals surface area contributed by atoms with Crippen LogP contribution in [0.4, 0.5) is 31.7 Å². The summed E-state index contributed by atoms with van der Waals surface area (Å²) in [5, 5.41) is 15.0. The Morgan fingerprint density at radius 3 is 2.74 bits per heavy atom. The maximum Gasteiger partial charge on any atom is 0.322 e. The average Bonchev–Trinajstić information content (AvgIpc) is 2.75. The molecular formula is C21H21F2N5O3. The van der Waals surface area contributed by atoms with E-state index in [9.17, 15) is 13.6 Å². The Morgan fingerprint density at radius 2 is 2.00 bits per heavy atom. The summed E-state index contributed by atoms with van der Waals surface area (Å²) in [4.78, 5) is 21.6. The van der Waals surface area contributed by atoms with E-state index in [1.165, 1.54) is 0 Å². The van der Waals surface area contributed by atoms with Crippen LogP contribution in [0.25, 0.3) is 10.9 Å². The fourth-order valence-corrected chi connectivity index (χ4v) is 3.53. The molecule has 3 aromatic rings. The number of nitrogens with one attached hydrogen (secondary N) is 2. The molecule has 0 saturated carbocycles. The minimum Gasteiger partial charge on any atom is -0.480 e. The second-order valence-corrected chi connectivity index (χ2v) is 7.15. The van der Waals surface area contributed by atoms with Gasteiger partial charge in [0.1, 0.15) is 24.0 Å². The highest BCUT2D eigenvalue weighted by Gasteiger charge is 2.18. The van der Waals surface area contributed by atoms with Crippen molar-refractivity contribution in [1.29, 1.82) is 0 Å². The number of aromatic nitrogens is 2. The number of hydrogen-bond donors (Lipinski definition) is 3. The summed E-state index contributed by atoms with van der Waals surface area (Å²) >= 11 is 0. The topological polar surface area (TPSA) is 99.6 Å². The van der Waals surface area contributed by atoms with Crippen LogP contribution < -0.4 is 15.5 Å². The molecule has 1 fully saturated rings. The van der Waals surface area contributed by atoms with E-state index in [4.69, 9.17) is 9.84 Å². The number of carbonyl (C=O) groups is 1. The zero-order chi connectivity index (χ0) is 22.0. The summed E-state index contributed by atoms with van der Waals surface area (Å²) in [6.45, 7) is 4.02. The van der Waals surface area contributed by atoms with Crippen molar-refractivity contribution in [3.05, 3.63) is 47.8 Å². The van der Waals surface area contributed by atoms with Crippen molar-refractivity contribution < 1.29 is 23.4 Å². The number of aliphatic carboxylic acids is 1. The molecule has 0 radical (unpaired) electrons. The highest BCUT2D eigenvalue weighted by Crippen LogP contribution is 2.35. The smallest absolute Gasteiger partial charge is 0.322 e. The second kappa shape index (κ2) is 8.68. The van der Waals surface area contributed by atoms with Gasteiger partial charge < -0.3 is 25.4 Å². The van der Waals surface area contributed by atoms with E-state index >= 15 is 0 Å². The van der Waals surface area contributed by atoms with Gasteiger partial charge in [-0.25, -0.2) is 13.8 Å². The van der Waals surface area contributed by atoms with Crippen LogP contribution in [-0.4, -0.2) is 53.9 Å². The monoisotopic (exact) mass is 429 g/mol. The Morgan fingerprint density at radius 1 is 1.23 bits per heavy atom. The second-order valence-electron chi connectivity index (χ2n) is 7.15. The largest absolute Gasteiger partial charge is 0.480 e. The molecule has 0 unspecified atom stereocenters. The number of morpholine rings is 1. The van der Waals surface area contributed by atoms with Gasteiger partial charge in [-0.1, -0.05) is 0 Å². The van der Waals surface area contributed by atoms with E-state index in [2.05, 4.69) is 25.5 Å². The predicted octanol–water partition coefficient (Wildman–Crippen LogP) is 3.29. The first-order valence-electron chi connectivity index (χ1n) is 9.72. The number of fused-ring (bicyclic) bond motifs is 1. The third kappa shape index (κ3) is 4.48. The fourth-order valence-electron chi connectivity index (χ4n) is 3.53. The SMILES string of the molecule is Cc1c(NCC(=O)O)nc2cc(F)cc(F)c2c1Nc1cncc(N2CCOCC2)c1. The van der Waals surface area contributed by atoms with Crippen molar-refractivity contribution >= 4 is 39.8 Å². The van der Waals surface area contributed by atoms with Gasteiger partial charge in [-0.3, -0.25) is 9.78 Å². The van der Waals surface area contributed by atoms with Crippen LogP contribution in [-0.2, 0) is 9.53 Å². The van der Waals surface area contributed by atoms with Gasteiger partial charge in [0, 0.05) is 30.8 Å². The van der Waals surface area contributed by atoms with Crippen molar-refractivity contribution in [1.82, 2.24) is 9.97 Å². The van der Waals surface area contributed by atoms with Gasteiger partial charge in [-0.15, -0.1) is 0 Å². The maximum atomic E-state index is 14.7. The number of pyridine rings is 2. The minimum atomic E-state index is -1.08. The van der Waals surface area contributed by atoms with Gasteiger partial charge in [-0.05, 0) is 13.0 Å². The number of nitrogens with zero attached hydrogens (tertiary/aromatic N) is 3. The molecular weight excluding hydrogens is 408 g/mol. The number of benzene rings is 1. The van der Waals surface area contributed by atoms with E-state index in [1.54, 1.807) is 19.3 Å². The Bertz CT molecular complexity index is 1140. The first-order valence-corrected chi connectivity index (χ1v) is 9.72. The van der Waals surface area contributed by atoms with Crippen molar-refractivity contribution in [2.75, 3.05) is 48.4 Å². The van der Waals surface area contributed by atoms with Crippen LogP contribution in [0.5, 0.6) is 0 Å². The van der Waals surface area contributed by atoms with Crippen LogP contribution >= 0.6 is 0 Å². The molecule has 0 amide bonds. The Kier molecular flexibility index (Phi) is 5.81. The van der Waals surface area contributed by atoms with E-state index in [1.807, 2.05) is 6.07 Å². The lowest BCUT2D eigenvalue weighted by molar-refractivity contribution is -0.134. The van der Waals surface area contributed by atoms with Crippen molar-refractivity contribution in [2.45, 2.75) is 6.92 Å². The zero-order valence-corrected chi connectivity index (χ0v) is 16.8. The predicted molar refractivity (Wildman–Crippen MR) is 113 cm³/mol. The van der Waals surface area contributed by atoms with Crippen LogP contribution in [0.1, 0.15) is 5.56 Å².